The second-order valence-corrected chi connectivity index (χ2v) is 5.51. The summed E-state index contributed by atoms with van der Waals surface area (Å²) in [4.78, 5) is 19.5. The van der Waals surface area contributed by atoms with E-state index in [-0.39, 0.29) is 5.91 Å². The summed E-state index contributed by atoms with van der Waals surface area (Å²) in [5, 5.41) is 2.95. The van der Waals surface area contributed by atoms with E-state index in [9.17, 15) is 4.79 Å². The zero-order chi connectivity index (χ0) is 14.5. The number of nitrogens with one attached hydrogen (secondary N) is 2. The molecule has 1 aromatic heterocycles. The monoisotopic (exact) mass is 273 g/mol. The number of nitrogens with zero attached hydrogens (tertiary/aromatic N) is 1. The van der Waals surface area contributed by atoms with E-state index in [4.69, 9.17) is 0 Å². The van der Waals surface area contributed by atoms with Crippen LogP contribution in [0, 0.1) is 0 Å². The molecule has 0 bridgehead atoms. The second-order valence-electron chi connectivity index (χ2n) is 5.51. The fraction of sp³-hybridized carbons (Fsp3) is 0.500. The van der Waals surface area contributed by atoms with Crippen LogP contribution in [-0.4, -0.2) is 15.9 Å². The highest BCUT2D eigenvalue weighted by Gasteiger charge is 2.07. The van der Waals surface area contributed by atoms with Gasteiger partial charge < -0.3 is 10.3 Å². The van der Waals surface area contributed by atoms with Crippen molar-refractivity contribution in [3.63, 3.8) is 0 Å². The molecule has 1 aromatic carbocycles. The molecule has 0 spiro atoms. The van der Waals surface area contributed by atoms with Gasteiger partial charge in [-0.15, -0.1) is 0 Å². The summed E-state index contributed by atoms with van der Waals surface area (Å²) in [6.07, 6.45) is 2.61. The third kappa shape index (κ3) is 3.59. The molecule has 0 fully saturated rings. The number of H-pyrrole nitrogens is 1. The number of hydrogen-bond donors (Lipinski definition) is 2. The quantitative estimate of drug-likeness (QED) is 0.846. The van der Waals surface area contributed by atoms with Crippen LogP contribution in [0.1, 0.15) is 57.3 Å². The van der Waals surface area contributed by atoms with Crippen LogP contribution in [0.15, 0.2) is 18.2 Å². The van der Waals surface area contributed by atoms with Crippen molar-refractivity contribution in [2.75, 3.05) is 0 Å². The minimum absolute atomic E-state index is 0.124. The van der Waals surface area contributed by atoms with Gasteiger partial charge in [0.15, 0.2) is 0 Å². The number of carbonyl (C=O) groups excluding carboxylic acids is 1. The summed E-state index contributed by atoms with van der Waals surface area (Å²) in [6.45, 7) is 6.90. The van der Waals surface area contributed by atoms with Crippen LogP contribution in [0.3, 0.4) is 0 Å². The van der Waals surface area contributed by atoms with Crippen LogP contribution in [-0.2, 0) is 11.3 Å². The Morgan fingerprint density at radius 2 is 2.20 bits per heavy atom. The number of fused-ring (bicyclic) bond motifs is 1. The fourth-order valence-corrected chi connectivity index (χ4v) is 2.09. The van der Waals surface area contributed by atoms with Crippen molar-refractivity contribution in [3.8, 4) is 0 Å². The molecule has 2 rings (SSSR count). The molecule has 0 unspecified atom stereocenters. The molecule has 0 aliphatic carbocycles. The number of hydrogen-bond acceptors (Lipinski definition) is 2. The van der Waals surface area contributed by atoms with E-state index in [2.05, 4.69) is 42.1 Å². The molecule has 2 aromatic rings. The zero-order valence-corrected chi connectivity index (χ0v) is 12.5. The number of benzene rings is 1. The van der Waals surface area contributed by atoms with E-state index >= 15 is 0 Å². The minimum Gasteiger partial charge on any atom is -0.352 e. The normalized spacial score (nSPS) is 11.2. The van der Waals surface area contributed by atoms with Crippen LogP contribution in [0.4, 0.5) is 0 Å². The molecule has 0 saturated carbocycles. The van der Waals surface area contributed by atoms with Gasteiger partial charge in [-0.2, -0.15) is 0 Å². The van der Waals surface area contributed by atoms with Gasteiger partial charge in [0.1, 0.15) is 5.82 Å². The van der Waals surface area contributed by atoms with E-state index in [0.29, 0.717) is 18.9 Å². The predicted octanol–water partition coefficient (Wildman–Crippen LogP) is 3.49. The SMILES string of the molecule is CCCCC(=O)NCc1ccc2nc(C(C)C)[nH]c2c1. The smallest absolute Gasteiger partial charge is 0.220 e. The number of unbranched alkanes of at least 4 members (excludes halogenated alkanes) is 1. The number of imidazole rings is 1. The van der Waals surface area contributed by atoms with Gasteiger partial charge in [0.25, 0.3) is 0 Å². The summed E-state index contributed by atoms with van der Waals surface area (Å²) in [7, 11) is 0. The van der Waals surface area contributed by atoms with Gasteiger partial charge in [-0.25, -0.2) is 4.98 Å². The molecule has 0 aliphatic rings. The van der Waals surface area contributed by atoms with Crippen molar-refractivity contribution in [2.45, 2.75) is 52.5 Å². The Morgan fingerprint density at radius 3 is 2.90 bits per heavy atom. The van der Waals surface area contributed by atoms with Crippen molar-refractivity contribution in [1.29, 1.82) is 0 Å². The lowest BCUT2D eigenvalue weighted by molar-refractivity contribution is -0.121. The van der Waals surface area contributed by atoms with E-state index < -0.39 is 0 Å². The standard InChI is InChI=1S/C16H23N3O/c1-4-5-6-15(20)17-10-12-7-8-13-14(9-12)19-16(18-13)11(2)3/h7-9,11H,4-6,10H2,1-3H3,(H,17,20)(H,18,19). The van der Waals surface area contributed by atoms with Crippen molar-refractivity contribution >= 4 is 16.9 Å². The second kappa shape index (κ2) is 6.55. The molecule has 0 saturated heterocycles. The average Bonchev–Trinajstić information content (AvgIpc) is 2.86. The molecule has 0 atom stereocenters. The van der Waals surface area contributed by atoms with Crippen molar-refractivity contribution in [1.82, 2.24) is 15.3 Å². The first-order valence-electron chi connectivity index (χ1n) is 7.35. The third-order valence-corrected chi connectivity index (χ3v) is 3.36. The van der Waals surface area contributed by atoms with Crippen LogP contribution in [0.5, 0.6) is 0 Å². The van der Waals surface area contributed by atoms with Gasteiger partial charge in [-0.05, 0) is 24.1 Å². The highest BCUT2D eigenvalue weighted by Crippen LogP contribution is 2.18. The fourth-order valence-electron chi connectivity index (χ4n) is 2.09. The van der Waals surface area contributed by atoms with E-state index in [0.717, 1.165) is 35.3 Å². The van der Waals surface area contributed by atoms with Crippen LogP contribution >= 0.6 is 0 Å². The van der Waals surface area contributed by atoms with Crippen LogP contribution in [0.2, 0.25) is 0 Å². The molecule has 20 heavy (non-hydrogen) atoms. The van der Waals surface area contributed by atoms with Gasteiger partial charge in [-0.3, -0.25) is 4.79 Å². The number of aromatic amines is 1. The summed E-state index contributed by atoms with van der Waals surface area (Å²) >= 11 is 0. The number of rotatable bonds is 6. The maximum absolute atomic E-state index is 11.6. The molecule has 1 heterocycles. The van der Waals surface area contributed by atoms with Crippen LogP contribution < -0.4 is 5.32 Å². The van der Waals surface area contributed by atoms with E-state index in [1.165, 1.54) is 0 Å². The third-order valence-electron chi connectivity index (χ3n) is 3.36. The Kier molecular flexibility index (Phi) is 4.77. The first-order valence-corrected chi connectivity index (χ1v) is 7.35. The summed E-state index contributed by atoms with van der Waals surface area (Å²) in [5.74, 6) is 1.52. The van der Waals surface area contributed by atoms with Crippen LogP contribution in [0.25, 0.3) is 11.0 Å². The minimum atomic E-state index is 0.124. The summed E-state index contributed by atoms with van der Waals surface area (Å²) in [5.41, 5.74) is 3.12. The Hall–Kier alpha value is -1.84. The molecule has 4 heteroatoms. The molecule has 0 aliphatic heterocycles. The molecular weight excluding hydrogens is 250 g/mol. The van der Waals surface area contributed by atoms with Gasteiger partial charge in [0.2, 0.25) is 5.91 Å². The zero-order valence-electron chi connectivity index (χ0n) is 12.5. The lowest BCUT2D eigenvalue weighted by Crippen LogP contribution is -2.22. The van der Waals surface area contributed by atoms with Crippen molar-refractivity contribution in [2.24, 2.45) is 0 Å². The Bertz CT molecular complexity index is 586. The first kappa shape index (κ1) is 14.6. The lowest BCUT2D eigenvalue weighted by atomic mass is 10.2. The highest BCUT2D eigenvalue weighted by molar-refractivity contribution is 5.77. The predicted molar refractivity (Wildman–Crippen MR) is 81.6 cm³/mol. The average molecular weight is 273 g/mol. The lowest BCUT2D eigenvalue weighted by Gasteiger charge is -2.04. The number of aromatic nitrogens is 2. The topological polar surface area (TPSA) is 57.8 Å². The van der Waals surface area contributed by atoms with Gasteiger partial charge in [0, 0.05) is 18.9 Å². The number of amides is 1. The van der Waals surface area contributed by atoms with Gasteiger partial charge in [-0.1, -0.05) is 33.3 Å². The Balaban J connectivity index is 2.02. The summed E-state index contributed by atoms with van der Waals surface area (Å²) in [6, 6.07) is 6.09. The largest absolute Gasteiger partial charge is 0.352 e. The summed E-state index contributed by atoms with van der Waals surface area (Å²) < 4.78 is 0. The first-order chi connectivity index (χ1) is 9.60. The molecule has 108 valence electrons. The maximum atomic E-state index is 11.6. The highest BCUT2D eigenvalue weighted by atomic mass is 16.1. The van der Waals surface area contributed by atoms with Crippen molar-refractivity contribution < 1.29 is 4.79 Å². The van der Waals surface area contributed by atoms with E-state index in [1.54, 1.807) is 0 Å². The molecule has 4 nitrogen and oxygen atoms in total. The molecular formula is C16H23N3O. The number of carbonyl (C=O) groups is 1. The maximum Gasteiger partial charge on any atom is 0.220 e. The molecule has 2 N–H and O–H groups in total. The molecule has 1 amide bonds. The van der Waals surface area contributed by atoms with E-state index in [1.807, 2.05) is 12.1 Å². The van der Waals surface area contributed by atoms with Gasteiger partial charge in [0.05, 0.1) is 11.0 Å². The van der Waals surface area contributed by atoms with Crippen molar-refractivity contribution in [3.05, 3.63) is 29.6 Å². The van der Waals surface area contributed by atoms with Gasteiger partial charge >= 0.3 is 0 Å². The molecule has 0 radical (unpaired) electrons. The Labute approximate surface area is 120 Å². The Morgan fingerprint density at radius 1 is 1.40 bits per heavy atom.